The van der Waals surface area contributed by atoms with Gasteiger partial charge in [-0.15, -0.1) is 11.3 Å². The summed E-state index contributed by atoms with van der Waals surface area (Å²) in [4.78, 5) is 28.6. The number of piperidine rings is 1. The van der Waals surface area contributed by atoms with Crippen LogP contribution in [0.3, 0.4) is 0 Å². The van der Waals surface area contributed by atoms with Crippen LogP contribution in [0.4, 0.5) is 0 Å². The van der Waals surface area contributed by atoms with Crippen molar-refractivity contribution in [3.05, 3.63) is 11.6 Å². The molecule has 98 valence electrons. The van der Waals surface area contributed by atoms with Gasteiger partial charge in [-0.2, -0.15) is 0 Å². The summed E-state index contributed by atoms with van der Waals surface area (Å²) in [6.45, 7) is 1.10. The van der Waals surface area contributed by atoms with Gasteiger partial charge in [0.05, 0.1) is 11.7 Å². The zero-order valence-electron chi connectivity index (χ0n) is 9.74. The lowest BCUT2D eigenvalue weighted by Crippen LogP contribution is -2.41. The molecule has 0 bridgehead atoms. The Morgan fingerprint density at radius 3 is 2.78 bits per heavy atom. The summed E-state index contributed by atoms with van der Waals surface area (Å²) in [5.74, 6) is -0.593. The fourth-order valence-corrected chi connectivity index (χ4v) is 3.41. The molecule has 1 amide bonds. The number of aliphatic carboxylic acids is 1. The SMILES string of the molecule is O=C(O)C1CCN(C(=O)CSc2nccs2)CC1. The predicted octanol–water partition coefficient (Wildman–Crippen LogP) is 1.56. The minimum Gasteiger partial charge on any atom is -0.481 e. The highest BCUT2D eigenvalue weighted by Crippen LogP contribution is 2.22. The highest BCUT2D eigenvalue weighted by Gasteiger charge is 2.26. The Bertz CT molecular complexity index is 414. The molecule has 0 aromatic carbocycles. The van der Waals surface area contributed by atoms with Gasteiger partial charge >= 0.3 is 5.97 Å². The number of thioether (sulfide) groups is 1. The van der Waals surface area contributed by atoms with Crippen molar-refractivity contribution >= 4 is 35.0 Å². The minimum atomic E-state index is -0.751. The highest BCUT2D eigenvalue weighted by molar-refractivity contribution is 8.01. The van der Waals surface area contributed by atoms with E-state index in [1.165, 1.54) is 23.1 Å². The molecule has 5 nitrogen and oxygen atoms in total. The van der Waals surface area contributed by atoms with E-state index in [9.17, 15) is 9.59 Å². The van der Waals surface area contributed by atoms with Crippen molar-refractivity contribution in [3.8, 4) is 0 Å². The molecular formula is C11H14N2O3S2. The van der Waals surface area contributed by atoms with E-state index in [0.717, 1.165) is 4.34 Å². The third-order valence-corrected chi connectivity index (χ3v) is 4.88. The number of carbonyl (C=O) groups excluding carboxylic acids is 1. The van der Waals surface area contributed by atoms with E-state index in [2.05, 4.69) is 4.98 Å². The van der Waals surface area contributed by atoms with Crippen molar-refractivity contribution < 1.29 is 14.7 Å². The fraction of sp³-hybridized carbons (Fsp3) is 0.545. The summed E-state index contributed by atoms with van der Waals surface area (Å²) in [7, 11) is 0. The Balaban J connectivity index is 1.75. The molecule has 0 unspecified atom stereocenters. The van der Waals surface area contributed by atoms with Crippen molar-refractivity contribution in [2.45, 2.75) is 17.2 Å². The van der Waals surface area contributed by atoms with Gasteiger partial charge in [0.15, 0.2) is 0 Å². The molecule has 1 aliphatic heterocycles. The summed E-state index contributed by atoms with van der Waals surface area (Å²) in [5, 5.41) is 10.8. The molecule has 0 atom stereocenters. The maximum absolute atomic E-state index is 11.9. The minimum absolute atomic E-state index is 0.0686. The lowest BCUT2D eigenvalue weighted by molar-refractivity contribution is -0.145. The molecule has 0 radical (unpaired) electrons. The van der Waals surface area contributed by atoms with Crippen LogP contribution in [0.15, 0.2) is 15.9 Å². The average Bonchev–Trinajstić information content (AvgIpc) is 2.89. The van der Waals surface area contributed by atoms with Crippen LogP contribution in [-0.2, 0) is 9.59 Å². The molecule has 1 fully saturated rings. The van der Waals surface area contributed by atoms with Crippen molar-refractivity contribution in [2.24, 2.45) is 5.92 Å². The number of rotatable bonds is 4. The van der Waals surface area contributed by atoms with E-state index in [4.69, 9.17) is 5.11 Å². The number of carboxylic acid groups (broad SMARTS) is 1. The first-order chi connectivity index (χ1) is 8.66. The van der Waals surface area contributed by atoms with Gasteiger partial charge in [0.1, 0.15) is 4.34 Å². The topological polar surface area (TPSA) is 70.5 Å². The standard InChI is InChI=1S/C11H14N2O3S2/c14-9(7-18-11-12-3-6-17-11)13-4-1-8(2-5-13)10(15)16/h3,6,8H,1-2,4-5,7H2,(H,15,16). The molecule has 2 rings (SSSR count). The Labute approximate surface area is 113 Å². The summed E-state index contributed by atoms with van der Waals surface area (Å²) in [6, 6.07) is 0. The highest BCUT2D eigenvalue weighted by atomic mass is 32.2. The smallest absolute Gasteiger partial charge is 0.306 e. The molecule has 0 spiro atoms. The van der Waals surface area contributed by atoms with Gasteiger partial charge in [-0.05, 0) is 12.8 Å². The molecular weight excluding hydrogens is 272 g/mol. The number of aromatic nitrogens is 1. The Kier molecular flexibility index (Phi) is 4.60. The molecule has 0 aliphatic carbocycles. The molecule has 2 heterocycles. The molecule has 18 heavy (non-hydrogen) atoms. The second kappa shape index (κ2) is 6.19. The van der Waals surface area contributed by atoms with Crippen LogP contribution in [0, 0.1) is 5.92 Å². The maximum atomic E-state index is 11.9. The second-order valence-electron chi connectivity index (χ2n) is 4.08. The Morgan fingerprint density at radius 1 is 1.50 bits per heavy atom. The molecule has 1 aromatic rings. The van der Waals surface area contributed by atoms with Gasteiger partial charge in [-0.25, -0.2) is 4.98 Å². The van der Waals surface area contributed by atoms with Gasteiger partial charge in [0, 0.05) is 24.7 Å². The van der Waals surface area contributed by atoms with E-state index in [-0.39, 0.29) is 11.8 Å². The van der Waals surface area contributed by atoms with E-state index in [1.54, 1.807) is 11.1 Å². The van der Waals surface area contributed by atoms with Crippen molar-refractivity contribution in [1.29, 1.82) is 0 Å². The lowest BCUT2D eigenvalue weighted by Gasteiger charge is -2.29. The summed E-state index contributed by atoms with van der Waals surface area (Å²) >= 11 is 2.96. The maximum Gasteiger partial charge on any atom is 0.306 e. The number of likely N-dealkylation sites (tertiary alicyclic amines) is 1. The number of carbonyl (C=O) groups is 2. The third-order valence-electron chi connectivity index (χ3n) is 2.93. The summed E-state index contributed by atoms with van der Waals surface area (Å²) in [6.07, 6.45) is 2.84. The zero-order valence-corrected chi connectivity index (χ0v) is 11.4. The summed E-state index contributed by atoms with van der Waals surface area (Å²) in [5.41, 5.74) is 0. The molecule has 1 aromatic heterocycles. The summed E-state index contributed by atoms with van der Waals surface area (Å²) < 4.78 is 0.892. The number of nitrogens with zero attached hydrogens (tertiary/aromatic N) is 2. The Hall–Kier alpha value is -1.08. The van der Waals surface area contributed by atoms with Crippen molar-refractivity contribution in [2.75, 3.05) is 18.8 Å². The first-order valence-electron chi connectivity index (χ1n) is 5.69. The van der Waals surface area contributed by atoms with Crippen LogP contribution < -0.4 is 0 Å². The molecule has 1 N–H and O–H groups in total. The van der Waals surface area contributed by atoms with Crippen LogP contribution in [0.1, 0.15) is 12.8 Å². The number of carboxylic acids is 1. The van der Waals surface area contributed by atoms with Gasteiger partial charge in [0.25, 0.3) is 0 Å². The van der Waals surface area contributed by atoms with Crippen LogP contribution >= 0.6 is 23.1 Å². The van der Waals surface area contributed by atoms with Crippen LogP contribution in [0.5, 0.6) is 0 Å². The van der Waals surface area contributed by atoms with Gasteiger partial charge in [0.2, 0.25) is 5.91 Å². The van der Waals surface area contributed by atoms with Crippen molar-refractivity contribution in [1.82, 2.24) is 9.88 Å². The first kappa shape index (κ1) is 13.4. The van der Waals surface area contributed by atoms with Gasteiger partial charge < -0.3 is 10.0 Å². The number of thiazole rings is 1. The Morgan fingerprint density at radius 2 is 2.22 bits per heavy atom. The van der Waals surface area contributed by atoms with Crippen LogP contribution in [-0.4, -0.2) is 45.7 Å². The lowest BCUT2D eigenvalue weighted by atomic mass is 9.97. The zero-order chi connectivity index (χ0) is 13.0. The quantitative estimate of drug-likeness (QED) is 0.851. The monoisotopic (exact) mass is 286 g/mol. The normalized spacial score (nSPS) is 16.8. The molecule has 7 heteroatoms. The number of hydrogen-bond acceptors (Lipinski definition) is 5. The van der Waals surface area contributed by atoms with Crippen LogP contribution in [0.2, 0.25) is 0 Å². The van der Waals surface area contributed by atoms with Gasteiger partial charge in [-0.3, -0.25) is 9.59 Å². The molecule has 1 aliphatic rings. The van der Waals surface area contributed by atoms with E-state index in [1.807, 2.05) is 5.38 Å². The second-order valence-corrected chi connectivity index (χ2v) is 6.20. The fourth-order valence-electron chi connectivity index (χ4n) is 1.87. The van der Waals surface area contributed by atoms with E-state index >= 15 is 0 Å². The third kappa shape index (κ3) is 3.46. The first-order valence-corrected chi connectivity index (χ1v) is 7.56. The molecule has 1 saturated heterocycles. The van der Waals surface area contributed by atoms with E-state index in [0.29, 0.717) is 31.7 Å². The van der Waals surface area contributed by atoms with Crippen molar-refractivity contribution in [3.63, 3.8) is 0 Å². The van der Waals surface area contributed by atoms with Gasteiger partial charge in [-0.1, -0.05) is 11.8 Å². The number of hydrogen-bond donors (Lipinski definition) is 1. The van der Waals surface area contributed by atoms with Crippen LogP contribution in [0.25, 0.3) is 0 Å². The number of amides is 1. The largest absolute Gasteiger partial charge is 0.481 e. The average molecular weight is 286 g/mol. The van der Waals surface area contributed by atoms with E-state index < -0.39 is 5.97 Å². The predicted molar refractivity (Wildman–Crippen MR) is 69.8 cm³/mol. The molecule has 0 saturated carbocycles.